The first-order valence-corrected chi connectivity index (χ1v) is 9.19. The maximum Gasteiger partial charge on any atom is 0.355 e. The molecule has 25 heavy (non-hydrogen) atoms. The molecule has 1 aliphatic heterocycles. The van der Waals surface area contributed by atoms with Crippen molar-refractivity contribution in [2.45, 2.75) is 19.8 Å². The number of ether oxygens (including phenoxy) is 1. The fourth-order valence-corrected chi connectivity index (χ4v) is 4.06. The first-order valence-electron chi connectivity index (χ1n) is 8.39. The van der Waals surface area contributed by atoms with Gasteiger partial charge in [-0.05, 0) is 42.3 Å². The fourth-order valence-electron chi connectivity index (χ4n) is 3.66. The Balaban J connectivity index is 1.99. The smallest absolute Gasteiger partial charge is 0.355 e. The summed E-state index contributed by atoms with van der Waals surface area (Å²) in [7, 11) is 0. The van der Waals surface area contributed by atoms with Crippen molar-refractivity contribution in [1.82, 2.24) is 4.57 Å². The molecule has 3 nitrogen and oxygen atoms in total. The highest BCUT2D eigenvalue weighted by Crippen LogP contribution is 2.45. The molecule has 2 heterocycles. The standard InChI is InChI=1S/C21H18BrNO2/c1-3-25-21(24)19-12-17(14-7-6-8-15(22)11-14)20-13(2)16-9-4-5-10-18(16)23(19)20/h4-13H,3H2,1-2H3. The molecule has 0 spiro atoms. The van der Waals surface area contributed by atoms with Crippen LogP contribution in [0.3, 0.4) is 0 Å². The molecule has 2 aromatic carbocycles. The van der Waals surface area contributed by atoms with Gasteiger partial charge in [0, 0.05) is 27.3 Å². The van der Waals surface area contributed by atoms with Crippen LogP contribution in [0.15, 0.2) is 59.1 Å². The average Bonchev–Trinajstić information content (AvgIpc) is 3.13. The molecule has 0 fully saturated rings. The number of esters is 1. The summed E-state index contributed by atoms with van der Waals surface area (Å²) in [5, 5.41) is 0. The van der Waals surface area contributed by atoms with Crippen molar-refractivity contribution in [2.75, 3.05) is 6.61 Å². The number of aromatic nitrogens is 1. The molecule has 0 aliphatic carbocycles. The number of hydrogen-bond donors (Lipinski definition) is 0. The molecule has 0 saturated heterocycles. The maximum absolute atomic E-state index is 12.6. The van der Waals surface area contributed by atoms with Crippen molar-refractivity contribution in [2.24, 2.45) is 0 Å². The van der Waals surface area contributed by atoms with Crippen LogP contribution in [0.1, 0.15) is 41.5 Å². The molecule has 1 unspecified atom stereocenters. The largest absolute Gasteiger partial charge is 0.461 e. The Hall–Kier alpha value is -2.33. The monoisotopic (exact) mass is 395 g/mol. The third-order valence-electron chi connectivity index (χ3n) is 4.71. The predicted molar refractivity (Wildman–Crippen MR) is 102 cm³/mol. The lowest BCUT2D eigenvalue weighted by Gasteiger charge is -2.08. The van der Waals surface area contributed by atoms with Gasteiger partial charge in [0.05, 0.1) is 6.61 Å². The summed E-state index contributed by atoms with van der Waals surface area (Å²) < 4.78 is 8.39. The summed E-state index contributed by atoms with van der Waals surface area (Å²) in [6, 6.07) is 18.4. The average molecular weight is 396 g/mol. The molecule has 126 valence electrons. The van der Waals surface area contributed by atoms with E-state index in [9.17, 15) is 4.79 Å². The minimum absolute atomic E-state index is 0.216. The van der Waals surface area contributed by atoms with E-state index >= 15 is 0 Å². The number of para-hydroxylation sites is 1. The fraction of sp³-hybridized carbons (Fsp3) is 0.190. The third-order valence-corrected chi connectivity index (χ3v) is 5.21. The van der Waals surface area contributed by atoms with E-state index in [1.165, 1.54) is 5.56 Å². The topological polar surface area (TPSA) is 31.2 Å². The zero-order valence-corrected chi connectivity index (χ0v) is 15.7. The van der Waals surface area contributed by atoms with E-state index in [4.69, 9.17) is 4.74 Å². The number of fused-ring (bicyclic) bond motifs is 3. The summed E-state index contributed by atoms with van der Waals surface area (Å²) in [5.74, 6) is -0.0674. The molecule has 1 aliphatic rings. The van der Waals surface area contributed by atoms with Gasteiger partial charge < -0.3 is 9.30 Å². The van der Waals surface area contributed by atoms with Gasteiger partial charge in [0.1, 0.15) is 5.69 Å². The van der Waals surface area contributed by atoms with Gasteiger partial charge in [-0.2, -0.15) is 0 Å². The summed E-state index contributed by atoms with van der Waals surface area (Å²) in [5.41, 5.74) is 6.20. The molecule has 0 N–H and O–H groups in total. The lowest BCUT2D eigenvalue weighted by Crippen LogP contribution is -2.10. The first kappa shape index (κ1) is 16.2. The minimum Gasteiger partial charge on any atom is -0.461 e. The number of benzene rings is 2. The van der Waals surface area contributed by atoms with Crippen LogP contribution in [0, 0.1) is 0 Å². The van der Waals surface area contributed by atoms with Crippen LogP contribution in [-0.4, -0.2) is 17.1 Å². The highest BCUT2D eigenvalue weighted by atomic mass is 79.9. The van der Waals surface area contributed by atoms with Crippen LogP contribution in [-0.2, 0) is 4.74 Å². The lowest BCUT2D eigenvalue weighted by molar-refractivity contribution is 0.0517. The Morgan fingerprint density at radius 1 is 1.16 bits per heavy atom. The number of carbonyl (C=O) groups is 1. The number of rotatable bonds is 3. The quantitative estimate of drug-likeness (QED) is 0.544. The van der Waals surface area contributed by atoms with Gasteiger partial charge in [0.2, 0.25) is 0 Å². The molecule has 0 bridgehead atoms. The van der Waals surface area contributed by atoms with Gasteiger partial charge in [0.25, 0.3) is 0 Å². The van der Waals surface area contributed by atoms with Crippen molar-refractivity contribution < 1.29 is 9.53 Å². The summed E-state index contributed by atoms with van der Waals surface area (Å²) in [6.07, 6.45) is 0. The number of carbonyl (C=O) groups excluding carboxylic acids is 1. The van der Waals surface area contributed by atoms with Crippen molar-refractivity contribution in [1.29, 1.82) is 0 Å². The van der Waals surface area contributed by atoms with Gasteiger partial charge in [-0.1, -0.05) is 53.2 Å². The molecule has 0 saturated carbocycles. The van der Waals surface area contributed by atoms with Gasteiger partial charge in [-0.3, -0.25) is 0 Å². The second-order valence-corrected chi connectivity index (χ2v) is 7.09. The second kappa shape index (κ2) is 6.19. The van der Waals surface area contributed by atoms with Crippen molar-refractivity contribution in [3.63, 3.8) is 0 Å². The van der Waals surface area contributed by atoms with Crippen LogP contribution < -0.4 is 0 Å². The van der Waals surface area contributed by atoms with Crippen molar-refractivity contribution >= 4 is 21.9 Å². The Labute approximate surface area is 155 Å². The van der Waals surface area contributed by atoms with Crippen LogP contribution in [0.5, 0.6) is 0 Å². The molecular weight excluding hydrogens is 378 g/mol. The van der Waals surface area contributed by atoms with E-state index in [-0.39, 0.29) is 11.9 Å². The normalized spacial score (nSPS) is 14.9. The van der Waals surface area contributed by atoms with Gasteiger partial charge in [-0.15, -0.1) is 0 Å². The lowest BCUT2D eigenvalue weighted by atomic mass is 9.94. The summed E-state index contributed by atoms with van der Waals surface area (Å²) in [4.78, 5) is 12.6. The van der Waals surface area contributed by atoms with Gasteiger partial charge in [0.15, 0.2) is 0 Å². The Kier molecular flexibility index (Phi) is 4.00. The Morgan fingerprint density at radius 2 is 1.96 bits per heavy atom. The van der Waals surface area contributed by atoms with Gasteiger partial charge in [-0.25, -0.2) is 4.79 Å². The predicted octanol–water partition coefficient (Wildman–Crippen LogP) is 5.55. The zero-order chi connectivity index (χ0) is 17.6. The molecule has 1 atom stereocenters. The number of halogens is 1. The van der Waals surface area contributed by atoms with Crippen LogP contribution in [0.4, 0.5) is 0 Å². The molecule has 0 amide bonds. The summed E-state index contributed by atoms with van der Waals surface area (Å²) in [6.45, 7) is 4.38. The highest BCUT2D eigenvalue weighted by molar-refractivity contribution is 9.10. The molecule has 4 heteroatoms. The van der Waals surface area contributed by atoms with Crippen LogP contribution >= 0.6 is 15.9 Å². The van der Waals surface area contributed by atoms with E-state index < -0.39 is 0 Å². The molecular formula is C21H18BrNO2. The van der Waals surface area contributed by atoms with Gasteiger partial charge >= 0.3 is 5.97 Å². The van der Waals surface area contributed by atoms with Crippen LogP contribution in [0.2, 0.25) is 0 Å². The van der Waals surface area contributed by atoms with E-state index in [1.807, 2.05) is 37.3 Å². The SMILES string of the molecule is CCOC(=O)c1cc(-c2cccc(Br)c2)c2n1-c1ccccc1C2C. The Morgan fingerprint density at radius 3 is 2.72 bits per heavy atom. The zero-order valence-electron chi connectivity index (χ0n) is 14.1. The van der Waals surface area contributed by atoms with Crippen LogP contribution in [0.25, 0.3) is 16.8 Å². The van der Waals surface area contributed by atoms with E-state index in [1.54, 1.807) is 0 Å². The first-order chi connectivity index (χ1) is 12.1. The number of hydrogen-bond acceptors (Lipinski definition) is 2. The van der Waals surface area contributed by atoms with E-state index in [0.29, 0.717) is 12.3 Å². The molecule has 0 radical (unpaired) electrons. The van der Waals surface area contributed by atoms with Crippen molar-refractivity contribution in [3.05, 3.63) is 76.0 Å². The molecule has 3 aromatic rings. The van der Waals surface area contributed by atoms with E-state index in [0.717, 1.165) is 27.0 Å². The minimum atomic E-state index is -0.283. The van der Waals surface area contributed by atoms with E-state index in [2.05, 4.69) is 51.7 Å². The second-order valence-electron chi connectivity index (χ2n) is 6.18. The Bertz CT molecular complexity index is 974. The number of nitrogens with zero attached hydrogens (tertiary/aromatic N) is 1. The molecule has 1 aromatic heterocycles. The van der Waals surface area contributed by atoms with Crippen molar-refractivity contribution in [3.8, 4) is 16.8 Å². The molecule has 4 rings (SSSR count). The highest BCUT2D eigenvalue weighted by Gasteiger charge is 2.33. The maximum atomic E-state index is 12.6. The summed E-state index contributed by atoms with van der Waals surface area (Å²) >= 11 is 3.55. The third kappa shape index (κ3) is 2.52.